The number of nitrogens with one attached hydrogen (secondary N) is 1. The zero-order valence-electron chi connectivity index (χ0n) is 12.8. The van der Waals surface area contributed by atoms with E-state index in [-0.39, 0.29) is 0 Å². The molecule has 0 amide bonds. The van der Waals surface area contributed by atoms with Crippen LogP contribution in [0.25, 0.3) is 0 Å². The van der Waals surface area contributed by atoms with E-state index in [4.69, 9.17) is 4.74 Å². The molecule has 0 bridgehead atoms. The van der Waals surface area contributed by atoms with Crippen LogP contribution in [0.1, 0.15) is 40.5 Å². The van der Waals surface area contributed by atoms with Crippen LogP contribution in [0.2, 0.25) is 0 Å². The predicted octanol–water partition coefficient (Wildman–Crippen LogP) is 2.37. The molecule has 108 valence electrons. The fourth-order valence-electron chi connectivity index (χ4n) is 2.74. The van der Waals surface area contributed by atoms with E-state index < -0.39 is 0 Å². The Morgan fingerprint density at radius 3 is 2.28 bits per heavy atom. The van der Waals surface area contributed by atoms with E-state index in [1.807, 2.05) is 0 Å². The lowest BCUT2D eigenvalue weighted by Crippen LogP contribution is -2.47. The van der Waals surface area contributed by atoms with E-state index in [0.29, 0.717) is 5.41 Å². The third-order valence-electron chi connectivity index (χ3n) is 4.06. The highest BCUT2D eigenvalue weighted by molar-refractivity contribution is 4.87. The van der Waals surface area contributed by atoms with Gasteiger partial charge in [0, 0.05) is 26.3 Å². The van der Waals surface area contributed by atoms with Crippen LogP contribution >= 0.6 is 0 Å². The molecular weight excluding hydrogens is 224 g/mol. The van der Waals surface area contributed by atoms with Crippen molar-refractivity contribution in [1.82, 2.24) is 10.2 Å². The van der Waals surface area contributed by atoms with Gasteiger partial charge in [-0.15, -0.1) is 0 Å². The van der Waals surface area contributed by atoms with E-state index in [1.165, 1.54) is 19.4 Å². The van der Waals surface area contributed by atoms with Gasteiger partial charge >= 0.3 is 0 Å². The Balaban J connectivity index is 2.51. The van der Waals surface area contributed by atoms with Crippen molar-refractivity contribution in [1.29, 1.82) is 0 Å². The van der Waals surface area contributed by atoms with Gasteiger partial charge in [-0.25, -0.2) is 0 Å². The van der Waals surface area contributed by atoms with Gasteiger partial charge in [-0.05, 0) is 43.8 Å². The maximum Gasteiger partial charge on any atom is 0.0472 e. The van der Waals surface area contributed by atoms with Crippen molar-refractivity contribution in [2.75, 3.05) is 45.9 Å². The monoisotopic (exact) mass is 256 g/mol. The molecule has 0 aliphatic carbocycles. The minimum absolute atomic E-state index is 0.430. The van der Waals surface area contributed by atoms with Gasteiger partial charge in [-0.2, -0.15) is 0 Å². The summed E-state index contributed by atoms with van der Waals surface area (Å²) in [4.78, 5) is 2.56. The largest absolute Gasteiger partial charge is 0.381 e. The van der Waals surface area contributed by atoms with Crippen LogP contribution in [-0.2, 0) is 4.74 Å². The van der Waals surface area contributed by atoms with Gasteiger partial charge in [0.25, 0.3) is 0 Å². The SMILES string of the molecule is CCN(CC)CC1(CNCC(C)C)CCOCC1. The molecule has 1 saturated heterocycles. The van der Waals surface area contributed by atoms with E-state index in [0.717, 1.165) is 45.3 Å². The van der Waals surface area contributed by atoms with E-state index in [9.17, 15) is 0 Å². The van der Waals surface area contributed by atoms with Crippen molar-refractivity contribution in [3.63, 3.8) is 0 Å². The Morgan fingerprint density at radius 1 is 1.17 bits per heavy atom. The van der Waals surface area contributed by atoms with E-state index in [1.54, 1.807) is 0 Å². The van der Waals surface area contributed by atoms with Crippen molar-refractivity contribution >= 4 is 0 Å². The molecule has 1 N–H and O–H groups in total. The summed E-state index contributed by atoms with van der Waals surface area (Å²) in [6, 6.07) is 0. The molecule has 0 saturated carbocycles. The Bertz CT molecular complexity index is 209. The smallest absolute Gasteiger partial charge is 0.0472 e. The van der Waals surface area contributed by atoms with E-state index >= 15 is 0 Å². The van der Waals surface area contributed by atoms with Crippen LogP contribution < -0.4 is 5.32 Å². The summed E-state index contributed by atoms with van der Waals surface area (Å²) in [5.41, 5.74) is 0.430. The van der Waals surface area contributed by atoms with E-state index in [2.05, 4.69) is 37.9 Å². The molecule has 1 heterocycles. The summed E-state index contributed by atoms with van der Waals surface area (Å²) in [6.45, 7) is 16.7. The zero-order valence-corrected chi connectivity index (χ0v) is 12.8. The maximum atomic E-state index is 5.55. The van der Waals surface area contributed by atoms with Crippen molar-refractivity contribution < 1.29 is 4.74 Å². The molecule has 0 spiro atoms. The molecule has 0 aromatic rings. The molecule has 0 aromatic heterocycles. The lowest BCUT2D eigenvalue weighted by molar-refractivity contribution is -0.00311. The minimum atomic E-state index is 0.430. The van der Waals surface area contributed by atoms with Crippen LogP contribution in [0.15, 0.2) is 0 Å². The fraction of sp³-hybridized carbons (Fsp3) is 1.00. The molecule has 1 rings (SSSR count). The summed E-state index contributed by atoms with van der Waals surface area (Å²) in [5.74, 6) is 0.732. The Labute approximate surface area is 113 Å². The molecule has 0 aromatic carbocycles. The molecule has 1 fully saturated rings. The number of rotatable bonds is 8. The number of hydrogen-bond acceptors (Lipinski definition) is 3. The van der Waals surface area contributed by atoms with Gasteiger partial charge in [0.05, 0.1) is 0 Å². The lowest BCUT2D eigenvalue weighted by atomic mass is 9.79. The van der Waals surface area contributed by atoms with Crippen LogP contribution in [0.4, 0.5) is 0 Å². The highest BCUT2D eigenvalue weighted by Gasteiger charge is 2.33. The molecule has 3 heteroatoms. The van der Waals surface area contributed by atoms with Crippen LogP contribution in [0.3, 0.4) is 0 Å². The van der Waals surface area contributed by atoms with Crippen LogP contribution in [-0.4, -0.2) is 50.8 Å². The van der Waals surface area contributed by atoms with Gasteiger partial charge in [0.15, 0.2) is 0 Å². The molecule has 0 atom stereocenters. The highest BCUT2D eigenvalue weighted by Crippen LogP contribution is 2.31. The number of hydrogen-bond donors (Lipinski definition) is 1. The first-order chi connectivity index (χ1) is 8.62. The average molecular weight is 256 g/mol. The predicted molar refractivity (Wildman–Crippen MR) is 78.0 cm³/mol. The molecule has 3 nitrogen and oxygen atoms in total. The third-order valence-corrected chi connectivity index (χ3v) is 4.06. The molecule has 0 unspecified atom stereocenters. The highest BCUT2D eigenvalue weighted by atomic mass is 16.5. The Morgan fingerprint density at radius 2 is 1.78 bits per heavy atom. The quantitative estimate of drug-likeness (QED) is 0.721. The standard InChI is InChI=1S/C15H32N2O/c1-5-17(6-2)13-15(7-9-18-10-8-15)12-16-11-14(3)4/h14,16H,5-13H2,1-4H3. The van der Waals surface area contributed by atoms with Gasteiger partial charge in [-0.3, -0.25) is 0 Å². The summed E-state index contributed by atoms with van der Waals surface area (Å²) in [6.07, 6.45) is 2.41. The molecule has 1 aliphatic heterocycles. The van der Waals surface area contributed by atoms with Crippen molar-refractivity contribution in [2.45, 2.75) is 40.5 Å². The van der Waals surface area contributed by atoms with Crippen molar-refractivity contribution in [3.05, 3.63) is 0 Å². The second-order valence-electron chi connectivity index (χ2n) is 6.10. The molecular formula is C15H32N2O. The second-order valence-corrected chi connectivity index (χ2v) is 6.10. The summed E-state index contributed by atoms with van der Waals surface area (Å²) >= 11 is 0. The van der Waals surface area contributed by atoms with Gasteiger partial charge in [0.1, 0.15) is 0 Å². The van der Waals surface area contributed by atoms with Crippen molar-refractivity contribution in [2.24, 2.45) is 11.3 Å². The Kier molecular flexibility index (Phi) is 7.20. The van der Waals surface area contributed by atoms with Crippen LogP contribution in [0.5, 0.6) is 0 Å². The average Bonchev–Trinajstić information content (AvgIpc) is 2.37. The lowest BCUT2D eigenvalue weighted by Gasteiger charge is -2.41. The number of nitrogens with zero attached hydrogens (tertiary/aromatic N) is 1. The normalized spacial score (nSPS) is 19.7. The molecule has 18 heavy (non-hydrogen) atoms. The second kappa shape index (κ2) is 8.13. The number of ether oxygens (including phenoxy) is 1. The maximum absolute atomic E-state index is 5.55. The Hall–Kier alpha value is -0.120. The first-order valence-corrected chi connectivity index (χ1v) is 7.62. The summed E-state index contributed by atoms with van der Waals surface area (Å²) in [5, 5.41) is 3.67. The topological polar surface area (TPSA) is 24.5 Å². The van der Waals surface area contributed by atoms with Gasteiger partial charge in [-0.1, -0.05) is 27.7 Å². The fourth-order valence-corrected chi connectivity index (χ4v) is 2.74. The van der Waals surface area contributed by atoms with Gasteiger partial charge < -0.3 is 15.0 Å². The molecule has 0 radical (unpaired) electrons. The van der Waals surface area contributed by atoms with Gasteiger partial charge in [0.2, 0.25) is 0 Å². The zero-order chi connectivity index (χ0) is 13.4. The first-order valence-electron chi connectivity index (χ1n) is 7.62. The summed E-state index contributed by atoms with van der Waals surface area (Å²) < 4.78 is 5.55. The van der Waals surface area contributed by atoms with Crippen molar-refractivity contribution in [3.8, 4) is 0 Å². The van der Waals surface area contributed by atoms with Crippen LogP contribution in [0, 0.1) is 11.3 Å². The first kappa shape index (κ1) is 15.9. The third kappa shape index (κ3) is 5.25. The minimum Gasteiger partial charge on any atom is -0.381 e. The molecule has 1 aliphatic rings. The summed E-state index contributed by atoms with van der Waals surface area (Å²) in [7, 11) is 0.